The quantitative estimate of drug-likeness (QED) is 0.775. The van der Waals surface area contributed by atoms with Crippen molar-refractivity contribution in [3.05, 3.63) is 22.2 Å². The molecule has 0 atom stereocenters. The van der Waals surface area contributed by atoms with E-state index in [1.165, 1.54) is 19.3 Å². The van der Waals surface area contributed by atoms with E-state index in [9.17, 15) is 0 Å². The Kier molecular flexibility index (Phi) is 6.33. The highest BCUT2D eigenvalue weighted by molar-refractivity contribution is 9.10. The Bertz CT molecular complexity index is 463. The fourth-order valence-electron chi connectivity index (χ4n) is 2.68. The van der Waals surface area contributed by atoms with Crippen LogP contribution < -0.4 is 9.47 Å². The normalized spacial score (nSPS) is 15.1. The largest absolute Gasteiger partial charge is 0.496 e. The molecular formula is C16H24BrNO3. The van der Waals surface area contributed by atoms with E-state index in [0.717, 1.165) is 41.0 Å². The lowest BCUT2D eigenvalue weighted by atomic mass is 9.91. The Morgan fingerprint density at radius 2 is 1.95 bits per heavy atom. The molecule has 2 rings (SSSR count). The average Bonchev–Trinajstić information content (AvgIpc) is 2.44. The maximum atomic E-state index is 9.10. The lowest BCUT2D eigenvalue weighted by Gasteiger charge is -2.38. The first-order valence-corrected chi connectivity index (χ1v) is 8.24. The lowest BCUT2D eigenvalue weighted by molar-refractivity contribution is 0.108. The fraction of sp³-hybridized carbons (Fsp3) is 0.625. The van der Waals surface area contributed by atoms with E-state index in [1.807, 2.05) is 12.1 Å². The molecule has 5 heteroatoms. The Morgan fingerprint density at radius 1 is 1.24 bits per heavy atom. The standard InChI is InChI=1S/C16H24BrNO3/c1-20-15-10-14(17)16(21-2)9-12(15)11-18(7-4-8-19)13-5-3-6-13/h9-10,13,19H,3-8,11H2,1-2H3. The summed E-state index contributed by atoms with van der Waals surface area (Å²) < 4.78 is 11.8. The predicted molar refractivity (Wildman–Crippen MR) is 87.0 cm³/mol. The van der Waals surface area contributed by atoms with Crippen LogP contribution in [0.1, 0.15) is 31.2 Å². The van der Waals surface area contributed by atoms with Crippen LogP contribution in [0.4, 0.5) is 0 Å². The van der Waals surface area contributed by atoms with Gasteiger partial charge in [-0.1, -0.05) is 6.42 Å². The highest BCUT2D eigenvalue weighted by Crippen LogP contribution is 2.35. The number of benzene rings is 1. The summed E-state index contributed by atoms with van der Waals surface area (Å²) in [6, 6.07) is 4.63. The van der Waals surface area contributed by atoms with Gasteiger partial charge in [-0.3, -0.25) is 4.90 Å². The maximum Gasteiger partial charge on any atom is 0.133 e. The van der Waals surface area contributed by atoms with E-state index in [-0.39, 0.29) is 6.61 Å². The van der Waals surface area contributed by atoms with Gasteiger partial charge in [-0.15, -0.1) is 0 Å². The number of halogens is 1. The van der Waals surface area contributed by atoms with Crippen LogP contribution in [-0.4, -0.2) is 43.4 Å². The number of hydrogen-bond donors (Lipinski definition) is 1. The zero-order valence-electron chi connectivity index (χ0n) is 12.8. The molecule has 0 saturated heterocycles. The number of rotatable bonds is 8. The van der Waals surface area contributed by atoms with Crippen LogP contribution in [0.3, 0.4) is 0 Å². The number of aliphatic hydroxyl groups excluding tert-OH is 1. The smallest absolute Gasteiger partial charge is 0.133 e. The van der Waals surface area contributed by atoms with Gasteiger partial charge in [0.25, 0.3) is 0 Å². The molecule has 0 aliphatic heterocycles. The number of methoxy groups -OCH3 is 2. The van der Waals surface area contributed by atoms with E-state index in [0.29, 0.717) is 6.04 Å². The van der Waals surface area contributed by atoms with Gasteiger partial charge >= 0.3 is 0 Å². The number of nitrogens with zero attached hydrogens (tertiary/aromatic N) is 1. The molecule has 0 radical (unpaired) electrons. The zero-order chi connectivity index (χ0) is 15.2. The van der Waals surface area contributed by atoms with Crippen molar-refractivity contribution in [3.63, 3.8) is 0 Å². The zero-order valence-corrected chi connectivity index (χ0v) is 14.4. The second-order valence-corrected chi connectivity index (χ2v) is 6.29. The van der Waals surface area contributed by atoms with Crippen LogP contribution in [-0.2, 0) is 6.54 Å². The minimum atomic E-state index is 0.240. The highest BCUT2D eigenvalue weighted by atomic mass is 79.9. The van der Waals surface area contributed by atoms with Gasteiger partial charge in [0.1, 0.15) is 11.5 Å². The monoisotopic (exact) mass is 357 g/mol. The van der Waals surface area contributed by atoms with Gasteiger partial charge in [0.15, 0.2) is 0 Å². The maximum absolute atomic E-state index is 9.10. The summed E-state index contributed by atoms with van der Waals surface area (Å²) in [7, 11) is 3.37. The molecule has 0 spiro atoms. The topological polar surface area (TPSA) is 41.9 Å². The van der Waals surface area contributed by atoms with Crippen molar-refractivity contribution in [2.24, 2.45) is 0 Å². The molecule has 1 N–H and O–H groups in total. The first-order chi connectivity index (χ1) is 10.2. The van der Waals surface area contributed by atoms with Crippen LogP contribution in [0.2, 0.25) is 0 Å². The van der Waals surface area contributed by atoms with E-state index in [1.54, 1.807) is 14.2 Å². The van der Waals surface area contributed by atoms with E-state index in [2.05, 4.69) is 20.8 Å². The Morgan fingerprint density at radius 3 is 2.48 bits per heavy atom. The summed E-state index contributed by atoms with van der Waals surface area (Å²) in [6.45, 7) is 1.99. The van der Waals surface area contributed by atoms with Crippen LogP contribution in [0, 0.1) is 0 Å². The molecular weight excluding hydrogens is 334 g/mol. The molecule has 1 fully saturated rings. The summed E-state index contributed by atoms with van der Waals surface area (Å²) >= 11 is 3.49. The summed E-state index contributed by atoms with van der Waals surface area (Å²) in [5.41, 5.74) is 1.13. The summed E-state index contributed by atoms with van der Waals surface area (Å²) in [6.07, 6.45) is 4.62. The second-order valence-electron chi connectivity index (χ2n) is 5.43. The number of aliphatic hydroxyl groups is 1. The molecule has 0 heterocycles. The van der Waals surface area contributed by atoms with Crippen LogP contribution in [0.15, 0.2) is 16.6 Å². The van der Waals surface area contributed by atoms with Crippen molar-refractivity contribution in [3.8, 4) is 11.5 Å². The summed E-state index contributed by atoms with van der Waals surface area (Å²) in [4.78, 5) is 2.45. The first kappa shape index (κ1) is 16.6. The van der Waals surface area contributed by atoms with Crippen molar-refractivity contribution in [2.75, 3.05) is 27.4 Å². The molecule has 21 heavy (non-hydrogen) atoms. The third-order valence-corrected chi connectivity index (χ3v) is 4.74. The minimum Gasteiger partial charge on any atom is -0.496 e. The fourth-order valence-corrected chi connectivity index (χ4v) is 3.17. The average molecular weight is 358 g/mol. The van der Waals surface area contributed by atoms with Gasteiger partial charge in [0.2, 0.25) is 0 Å². The number of ether oxygens (including phenoxy) is 2. The van der Waals surface area contributed by atoms with Crippen molar-refractivity contribution < 1.29 is 14.6 Å². The van der Waals surface area contributed by atoms with Crippen LogP contribution in [0.5, 0.6) is 11.5 Å². The van der Waals surface area contributed by atoms with Crippen molar-refractivity contribution in [2.45, 2.75) is 38.3 Å². The second kappa shape index (κ2) is 8.01. The summed E-state index contributed by atoms with van der Waals surface area (Å²) in [5, 5.41) is 9.10. The molecule has 1 aromatic carbocycles. The molecule has 1 aliphatic carbocycles. The van der Waals surface area contributed by atoms with Crippen LogP contribution >= 0.6 is 15.9 Å². The van der Waals surface area contributed by atoms with Crippen LogP contribution in [0.25, 0.3) is 0 Å². The Labute approximate surface area is 135 Å². The van der Waals surface area contributed by atoms with Gasteiger partial charge in [0.05, 0.1) is 18.7 Å². The highest BCUT2D eigenvalue weighted by Gasteiger charge is 2.25. The molecule has 118 valence electrons. The van der Waals surface area contributed by atoms with E-state index in [4.69, 9.17) is 14.6 Å². The van der Waals surface area contributed by atoms with Gasteiger partial charge in [0, 0.05) is 31.3 Å². The minimum absolute atomic E-state index is 0.240. The van der Waals surface area contributed by atoms with Crippen molar-refractivity contribution in [1.29, 1.82) is 0 Å². The molecule has 0 aromatic heterocycles. The molecule has 0 unspecified atom stereocenters. The molecule has 1 aromatic rings. The molecule has 0 amide bonds. The molecule has 1 saturated carbocycles. The molecule has 1 aliphatic rings. The predicted octanol–water partition coefficient (Wildman–Crippen LogP) is 3.20. The molecule has 0 bridgehead atoms. The Hall–Kier alpha value is -0.780. The van der Waals surface area contributed by atoms with Gasteiger partial charge in [-0.05, 0) is 47.3 Å². The molecule has 4 nitrogen and oxygen atoms in total. The number of hydrogen-bond acceptors (Lipinski definition) is 4. The lowest BCUT2D eigenvalue weighted by Crippen LogP contribution is -2.40. The van der Waals surface area contributed by atoms with Crippen molar-refractivity contribution >= 4 is 15.9 Å². The van der Waals surface area contributed by atoms with E-state index >= 15 is 0 Å². The van der Waals surface area contributed by atoms with Gasteiger partial charge < -0.3 is 14.6 Å². The van der Waals surface area contributed by atoms with Gasteiger partial charge in [-0.2, -0.15) is 0 Å². The van der Waals surface area contributed by atoms with Crippen molar-refractivity contribution in [1.82, 2.24) is 4.90 Å². The first-order valence-electron chi connectivity index (χ1n) is 7.45. The SMILES string of the molecule is COc1cc(CN(CCCO)C2CCC2)c(OC)cc1Br. The summed E-state index contributed by atoms with van der Waals surface area (Å²) in [5.74, 6) is 1.69. The Balaban J connectivity index is 2.17. The van der Waals surface area contributed by atoms with Gasteiger partial charge in [-0.25, -0.2) is 0 Å². The van der Waals surface area contributed by atoms with E-state index < -0.39 is 0 Å². The third kappa shape index (κ3) is 4.11. The third-order valence-electron chi connectivity index (χ3n) is 4.12.